The number of nitrogens with zero attached hydrogens (tertiary/aromatic N) is 1. The van der Waals surface area contributed by atoms with Crippen molar-refractivity contribution in [1.82, 2.24) is 4.98 Å². The Labute approximate surface area is 106 Å². The van der Waals surface area contributed by atoms with E-state index in [0.717, 1.165) is 22.2 Å². The van der Waals surface area contributed by atoms with Crippen LogP contribution in [0.4, 0.5) is 0 Å². The molecule has 18 heavy (non-hydrogen) atoms. The van der Waals surface area contributed by atoms with Gasteiger partial charge in [-0.05, 0) is 36.8 Å². The van der Waals surface area contributed by atoms with E-state index in [1.807, 2.05) is 42.5 Å². The molecule has 3 aromatic rings. The molecule has 0 unspecified atom stereocenters. The topological polar surface area (TPSA) is 33.1 Å². The van der Waals surface area contributed by atoms with Crippen LogP contribution in [0.25, 0.3) is 22.2 Å². The van der Waals surface area contributed by atoms with Gasteiger partial charge in [-0.2, -0.15) is 0 Å². The lowest BCUT2D eigenvalue weighted by molar-refractivity contribution is 0.477. The number of phenols is 1. The molecule has 0 atom stereocenters. The Hall–Kier alpha value is -2.35. The molecule has 1 N–H and O–H groups in total. The first-order valence-electron chi connectivity index (χ1n) is 5.90. The van der Waals surface area contributed by atoms with Crippen LogP contribution in [0.5, 0.6) is 5.75 Å². The summed E-state index contributed by atoms with van der Waals surface area (Å²) in [5.74, 6) is 0.264. The molecule has 2 nitrogen and oxygen atoms in total. The number of aromatic nitrogens is 1. The first kappa shape index (κ1) is 10.8. The van der Waals surface area contributed by atoms with Crippen molar-refractivity contribution in [2.75, 3.05) is 0 Å². The van der Waals surface area contributed by atoms with E-state index in [1.165, 1.54) is 5.56 Å². The molecule has 0 aliphatic heterocycles. The molecular weight excluding hydrogens is 222 g/mol. The lowest BCUT2D eigenvalue weighted by atomic mass is 10.0. The molecule has 3 rings (SSSR count). The molecule has 0 saturated carbocycles. The van der Waals surface area contributed by atoms with Gasteiger partial charge in [0.05, 0.1) is 11.2 Å². The molecule has 2 aromatic carbocycles. The van der Waals surface area contributed by atoms with Crippen molar-refractivity contribution in [1.29, 1.82) is 0 Å². The van der Waals surface area contributed by atoms with Gasteiger partial charge in [0.25, 0.3) is 0 Å². The summed E-state index contributed by atoms with van der Waals surface area (Å²) < 4.78 is 0. The second kappa shape index (κ2) is 4.15. The zero-order valence-electron chi connectivity index (χ0n) is 10.1. The third kappa shape index (κ3) is 1.72. The number of aryl methyl sites for hydroxylation is 1. The predicted molar refractivity (Wildman–Crippen MR) is 73.6 cm³/mol. The normalized spacial score (nSPS) is 10.7. The van der Waals surface area contributed by atoms with Crippen LogP contribution in [0.15, 0.2) is 54.6 Å². The van der Waals surface area contributed by atoms with E-state index < -0.39 is 0 Å². The number of para-hydroxylation sites is 2. The number of benzene rings is 2. The number of pyridine rings is 1. The highest BCUT2D eigenvalue weighted by atomic mass is 16.3. The van der Waals surface area contributed by atoms with Crippen LogP contribution < -0.4 is 0 Å². The molecular formula is C16H13NO. The minimum atomic E-state index is 0.264. The first-order chi connectivity index (χ1) is 8.75. The standard InChI is InChI=1S/C16H13NO/c1-11-10-15(13-7-3-5-9-16(13)18)17-14-8-4-2-6-12(11)14/h2-10,18H,1H3. The van der Waals surface area contributed by atoms with E-state index in [1.54, 1.807) is 6.07 Å². The maximum atomic E-state index is 9.89. The number of rotatable bonds is 1. The first-order valence-corrected chi connectivity index (χ1v) is 5.90. The number of phenolic OH excluding ortho intramolecular Hbond substituents is 1. The summed E-state index contributed by atoms with van der Waals surface area (Å²) in [7, 11) is 0. The third-order valence-corrected chi connectivity index (χ3v) is 3.10. The minimum Gasteiger partial charge on any atom is -0.507 e. The molecule has 0 bridgehead atoms. The number of hydrogen-bond acceptors (Lipinski definition) is 2. The Bertz CT molecular complexity index is 719. The Morgan fingerprint density at radius 2 is 1.67 bits per heavy atom. The van der Waals surface area contributed by atoms with Gasteiger partial charge >= 0.3 is 0 Å². The Morgan fingerprint density at radius 3 is 2.50 bits per heavy atom. The average Bonchev–Trinajstić information content (AvgIpc) is 2.39. The van der Waals surface area contributed by atoms with Crippen molar-refractivity contribution in [3.63, 3.8) is 0 Å². The Kier molecular flexibility index (Phi) is 2.49. The quantitative estimate of drug-likeness (QED) is 0.693. The van der Waals surface area contributed by atoms with Gasteiger partial charge in [0.2, 0.25) is 0 Å². The SMILES string of the molecule is Cc1cc(-c2ccccc2O)nc2ccccc12. The van der Waals surface area contributed by atoms with Crippen molar-refractivity contribution in [2.45, 2.75) is 6.92 Å². The molecule has 88 valence electrons. The molecule has 1 aromatic heterocycles. The lowest BCUT2D eigenvalue weighted by Crippen LogP contribution is -1.88. The zero-order valence-corrected chi connectivity index (χ0v) is 10.1. The lowest BCUT2D eigenvalue weighted by Gasteiger charge is -2.07. The van der Waals surface area contributed by atoms with Crippen LogP contribution in [0.3, 0.4) is 0 Å². The molecule has 0 aliphatic rings. The van der Waals surface area contributed by atoms with Gasteiger partial charge in [-0.25, -0.2) is 4.98 Å². The molecule has 1 heterocycles. The fourth-order valence-corrected chi connectivity index (χ4v) is 2.18. The third-order valence-electron chi connectivity index (χ3n) is 3.10. The minimum absolute atomic E-state index is 0.264. The summed E-state index contributed by atoms with van der Waals surface area (Å²) in [4.78, 5) is 4.61. The molecule has 0 radical (unpaired) electrons. The second-order valence-corrected chi connectivity index (χ2v) is 4.36. The fraction of sp³-hybridized carbons (Fsp3) is 0.0625. The van der Waals surface area contributed by atoms with Gasteiger partial charge < -0.3 is 5.11 Å². The largest absolute Gasteiger partial charge is 0.507 e. The van der Waals surface area contributed by atoms with E-state index in [4.69, 9.17) is 0 Å². The maximum absolute atomic E-state index is 9.89. The summed E-state index contributed by atoms with van der Waals surface area (Å²) in [6.07, 6.45) is 0. The average molecular weight is 235 g/mol. The van der Waals surface area contributed by atoms with Crippen LogP contribution in [-0.2, 0) is 0 Å². The molecule has 0 spiro atoms. The summed E-state index contributed by atoms with van der Waals surface area (Å²) in [5, 5.41) is 11.0. The smallest absolute Gasteiger partial charge is 0.124 e. The van der Waals surface area contributed by atoms with Gasteiger partial charge in [-0.15, -0.1) is 0 Å². The van der Waals surface area contributed by atoms with Crippen molar-refractivity contribution < 1.29 is 5.11 Å². The summed E-state index contributed by atoms with van der Waals surface area (Å²) in [6.45, 7) is 2.06. The molecule has 2 heteroatoms. The van der Waals surface area contributed by atoms with Crippen LogP contribution in [-0.4, -0.2) is 10.1 Å². The van der Waals surface area contributed by atoms with Crippen LogP contribution >= 0.6 is 0 Å². The van der Waals surface area contributed by atoms with E-state index in [0.29, 0.717) is 0 Å². The van der Waals surface area contributed by atoms with Crippen molar-refractivity contribution in [3.8, 4) is 17.0 Å². The maximum Gasteiger partial charge on any atom is 0.124 e. The number of hydrogen-bond donors (Lipinski definition) is 1. The van der Waals surface area contributed by atoms with Crippen molar-refractivity contribution in [2.24, 2.45) is 0 Å². The van der Waals surface area contributed by atoms with Gasteiger partial charge in [-0.3, -0.25) is 0 Å². The Morgan fingerprint density at radius 1 is 0.944 bits per heavy atom. The highest BCUT2D eigenvalue weighted by Gasteiger charge is 2.07. The Balaban J connectivity index is 2.28. The van der Waals surface area contributed by atoms with Gasteiger partial charge in [0, 0.05) is 10.9 Å². The predicted octanol–water partition coefficient (Wildman–Crippen LogP) is 3.92. The van der Waals surface area contributed by atoms with Gasteiger partial charge in [-0.1, -0.05) is 30.3 Å². The van der Waals surface area contributed by atoms with Gasteiger partial charge in [0.15, 0.2) is 0 Å². The molecule has 0 saturated heterocycles. The zero-order chi connectivity index (χ0) is 12.5. The summed E-state index contributed by atoms with van der Waals surface area (Å²) >= 11 is 0. The van der Waals surface area contributed by atoms with Crippen LogP contribution in [0.2, 0.25) is 0 Å². The van der Waals surface area contributed by atoms with E-state index in [-0.39, 0.29) is 5.75 Å². The highest BCUT2D eigenvalue weighted by Crippen LogP contribution is 2.29. The van der Waals surface area contributed by atoms with Crippen LogP contribution in [0.1, 0.15) is 5.56 Å². The monoisotopic (exact) mass is 235 g/mol. The van der Waals surface area contributed by atoms with Crippen molar-refractivity contribution >= 4 is 10.9 Å². The molecule has 0 fully saturated rings. The summed E-state index contributed by atoms with van der Waals surface area (Å²) in [6, 6.07) is 17.3. The second-order valence-electron chi connectivity index (χ2n) is 4.36. The molecule has 0 amide bonds. The number of aromatic hydroxyl groups is 1. The fourth-order valence-electron chi connectivity index (χ4n) is 2.18. The molecule has 0 aliphatic carbocycles. The van der Waals surface area contributed by atoms with Crippen LogP contribution in [0, 0.1) is 6.92 Å². The number of fused-ring (bicyclic) bond motifs is 1. The van der Waals surface area contributed by atoms with E-state index >= 15 is 0 Å². The highest BCUT2D eigenvalue weighted by molar-refractivity contribution is 5.85. The summed E-state index contributed by atoms with van der Waals surface area (Å²) in [5.41, 5.74) is 3.70. The van der Waals surface area contributed by atoms with Gasteiger partial charge in [0.1, 0.15) is 5.75 Å². The van der Waals surface area contributed by atoms with Crippen molar-refractivity contribution in [3.05, 3.63) is 60.2 Å². The van der Waals surface area contributed by atoms with E-state index in [2.05, 4.69) is 18.0 Å². The van der Waals surface area contributed by atoms with E-state index in [9.17, 15) is 5.11 Å².